The van der Waals surface area contributed by atoms with E-state index in [9.17, 15) is 0 Å². The molecular formula is C13H26O2. The average Bonchev–Trinajstić information content (AvgIpc) is 2.24. The Morgan fingerprint density at radius 2 is 1.60 bits per heavy atom. The summed E-state index contributed by atoms with van der Waals surface area (Å²) < 4.78 is 10.9. The van der Waals surface area contributed by atoms with Crippen molar-refractivity contribution in [1.82, 2.24) is 0 Å². The molecule has 0 unspecified atom stereocenters. The van der Waals surface area contributed by atoms with Gasteiger partial charge in [-0.15, -0.1) is 0 Å². The Kier molecular flexibility index (Phi) is 11.5. The van der Waals surface area contributed by atoms with Crippen molar-refractivity contribution in [3.05, 3.63) is 12.2 Å². The number of hydrogen-bond acceptors (Lipinski definition) is 2. The molecule has 0 aliphatic heterocycles. The van der Waals surface area contributed by atoms with Crippen LogP contribution in [0.4, 0.5) is 0 Å². The fraction of sp³-hybridized carbons (Fsp3) is 0.846. The van der Waals surface area contributed by atoms with Crippen molar-refractivity contribution in [2.75, 3.05) is 13.2 Å². The minimum atomic E-state index is 0.00940. The molecule has 2 nitrogen and oxygen atoms in total. The second-order valence-electron chi connectivity index (χ2n) is 3.50. The topological polar surface area (TPSA) is 18.5 Å². The van der Waals surface area contributed by atoms with Crippen molar-refractivity contribution < 1.29 is 9.47 Å². The van der Waals surface area contributed by atoms with Gasteiger partial charge in [-0.25, -0.2) is 0 Å². The SMILES string of the molecule is CC/C=C\CCCCC(OCC)OCC. The van der Waals surface area contributed by atoms with Gasteiger partial charge in [-0.2, -0.15) is 0 Å². The molecule has 0 saturated heterocycles. The van der Waals surface area contributed by atoms with Crippen molar-refractivity contribution in [2.45, 2.75) is 59.2 Å². The largest absolute Gasteiger partial charge is 0.353 e. The summed E-state index contributed by atoms with van der Waals surface area (Å²) >= 11 is 0. The summed E-state index contributed by atoms with van der Waals surface area (Å²) in [6, 6.07) is 0. The number of ether oxygens (including phenoxy) is 2. The fourth-order valence-corrected chi connectivity index (χ4v) is 1.44. The van der Waals surface area contributed by atoms with Gasteiger partial charge in [0.1, 0.15) is 0 Å². The quantitative estimate of drug-likeness (QED) is 0.312. The van der Waals surface area contributed by atoms with Crippen LogP contribution < -0.4 is 0 Å². The molecule has 0 atom stereocenters. The van der Waals surface area contributed by atoms with Crippen molar-refractivity contribution in [2.24, 2.45) is 0 Å². The molecule has 0 aliphatic rings. The molecule has 0 heterocycles. The molecule has 0 rings (SSSR count). The Labute approximate surface area is 94.7 Å². The molecule has 0 saturated carbocycles. The van der Waals surface area contributed by atoms with Gasteiger partial charge in [-0.3, -0.25) is 0 Å². The van der Waals surface area contributed by atoms with Gasteiger partial charge in [-0.05, 0) is 46.0 Å². The molecule has 0 fully saturated rings. The molecule has 0 aromatic carbocycles. The Bertz CT molecular complexity index is 137. The summed E-state index contributed by atoms with van der Waals surface area (Å²) in [5.74, 6) is 0. The molecule has 0 aromatic rings. The van der Waals surface area contributed by atoms with E-state index in [4.69, 9.17) is 9.47 Å². The Morgan fingerprint density at radius 1 is 0.933 bits per heavy atom. The van der Waals surface area contributed by atoms with Crippen molar-refractivity contribution in [1.29, 1.82) is 0 Å². The second kappa shape index (κ2) is 11.7. The lowest BCUT2D eigenvalue weighted by molar-refractivity contribution is -0.140. The van der Waals surface area contributed by atoms with Crippen LogP contribution in [-0.2, 0) is 9.47 Å². The molecule has 2 heteroatoms. The van der Waals surface area contributed by atoms with Gasteiger partial charge in [0.15, 0.2) is 6.29 Å². The molecule has 0 N–H and O–H groups in total. The molecule has 0 aliphatic carbocycles. The van der Waals surface area contributed by atoms with E-state index < -0.39 is 0 Å². The van der Waals surface area contributed by atoms with Crippen LogP contribution in [0.1, 0.15) is 52.9 Å². The van der Waals surface area contributed by atoms with Gasteiger partial charge in [0.05, 0.1) is 0 Å². The van der Waals surface area contributed by atoms with Crippen molar-refractivity contribution in [3.8, 4) is 0 Å². The van der Waals surface area contributed by atoms with Gasteiger partial charge in [0.25, 0.3) is 0 Å². The first-order valence-corrected chi connectivity index (χ1v) is 6.23. The van der Waals surface area contributed by atoms with E-state index >= 15 is 0 Å². The lowest BCUT2D eigenvalue weighted by Gasteiger charge is -2.16. The van der Waals surface area contributed by atoms with Crippen LogP contribution in [0.3, 0.4) is 0 Å². The van der Waals surface area contributed by atoms with Crippen LogP contribution in [0, 0.1) is 0 Å². The van der Waals surface area contributed by atoms with E-state index in [1.807, 2.05) is 13.8 Å². The van der Waals surface area contributed by atoms with Crippen LogP contribution in [0.5, 0.6) is 0 Å². The third-order valence-electron chi connectivity index (χ3n) is 2.17. The zero-order valence-electron chi connectivity index (χ0n) is 10.5. The van der Waals surface area contributed by atoms with E-state index in [1.54, 1.807) is 0 Å². The van der Waals surface area contributed by atoms with E-state index in [0.717, 1.165) is 26.1 Å². The van der Waals surface area contributed by atoms with Gasteiger partial charge < -0.3 is 9.47 Å². The predicted octanol–water partition coefficient (Wildman–Crippen LogP) is 3.91. The summed E-state index contributed by atoms with van der Waals surface area (Å²) in [4.78, 5) is 0. The molecule has 90 valence electrons. The van der Waals surface area contributed by atoms with Gasteiger partial charge in [0.2, 0.25) is 0 Å². The van der Waals surface area contributed by atoms with Crippen molar-refractivity contribution in [3.63, 3.8) is 0 Å². The highest BCUT2D eigenvalue weighted by Gasteiger charge is 2.06. The number of rotatable bonds is 10. The lowest BCUT2D eigenvalue weighted by Crippen LogP contribution is -2.17. The summed E-state index contributed by atoms with van der Waals surface area (Å²) in [6.45, 7) is 7.66. The molecular weight excluding hydrogens is 188 g/mol. The first-order valence-electron chi connectivity index (χ1n) is 6.23. The minimum absolute atomic E-state index is 0.00940. The standard InChI is InChI=1S/C13H26O2/c1-4-7-8-9-10-11-12-13(14-5-2)15-6-3/h7-8,13H,4-6,9-12H2,1-3H3/b8-7-. The molecule has 15 heavy (non-hydrogen) atoms. The zero-order chi connectivity index (χ0) is 11.4. The van der Waals surface area contributed by atoms with Crippen LogP contribution in [0.2, 0.25) is 0 Å². The highest BCUT2D eigenvalue weighted by molar-refractivity contribution is 4.79. The Morgan fingerprint density at radius 3 is 2.13 bits per heavy atom. The van der Waals surface area contributed by atoms with Gasteiger partial charge in [-0.1, -0.05) is 19.1 Å². The molecule has 0 bridgehead atoms. The van der Waals surface area contributed by atoms with Crippen LogP contribution in [0.25, 0.3) is 0 Å². The fourth-order valence-electron chi connectivity index (χ4n) is 1.44. The Hall–Kier alpha value is -0.340. The lowest BCUT2D eigenvalue weighted by atomic mass is 10.2. The van der Waals surface area contributed by atoms with Crippen LogP contribution in [0.15, 0.2) is 12.2 Å². The second-order valence-corrected chi connectivity index (χ2v) is 3.50. The normalized spacial score (nSPS) is 11.7. The number of unbranched alkanes of at least 4 members (excludes halogenated alkanes) is 2. The smallest absolute Gasteiger partial charge is 0.157 e. The summed E-state index contributed by atoms with van der Waals surface area (Å²) in [7, 11) is 0. The van der Waals surface area contributed by atoms with E-state index in [0.29, 0.717) is 0 Å². The predicted molar refractivity (Wildman–Crippen MR) is 64.9 cm³/mol. The first-order chi connectivity index (χ1) is 7.35. The maximum absolute atomic E-state index is 5.47. The first kappa shape index (κ1) is 14.7. The number of allylic oxidation sites excluding steroid dienone is 2. The van der Waals surface area contributed by atoms with E-state index in [1.165, 1.54) is 19.3 Å². The molecule has 0 aromatic heterocycles. The Balaban J connectivity index is 3.39. The number of hydrogen-bond donors (Lipinski definition) is 0. The maximum atomic E-state index is 5.47. The zero-order valence-corrected chi connectivity index (χ0v) is 10.5. The minimum Gasteiger partial charge on any atom is -0.353 e. The van der Waals surface area contributed by atoms with Crippen LogP contribution >= 0.6 is 0 Å². The van der Waals surface area contributed by atoms with Gasteiger partial charge in [0, 0.05) is 13.2 Å². The molecule has 0 spiro atoms. The highest BCUT2D eigenvalue weighted by Crippen LogP contribution is 2.08. The van der Waals surface area contributed by atoms with Crippen LogP contribution in [-0.4, -0.2) is 19.5 Å². The average molecular weight is 214 g/mol. The summed E-state index contributed by atoms with van der Waals surface area (Å²) in [5, 5.41) is 0. The van der Waals surface area contributed by atoms with Crippen molar-refractivity contribution >= 4 is 0 Å². The monoisotopic (exact) mass is 214 g/mol. The summed E-state index contributed by atoms with van der Waals surface area (Å²) in [5.41, 5.74) is 0. The molecule has 0 amide bonds. The summed E-state index contributed by atoms with van der Waals surface area (Å²) in [6.07, 6.45) is 10.2. The molecule has 0 radical (unpaired) electrons. The highest BCUT2D eigenvalue weighted by atomic mass is 16.7. The van der Waals surface area contributed by atoms with E-state index in [-0.39, 0.29) is 6.29 Å². The van der Waals surface area contributed by atoms with E-state index in [2.05, 4.69) is 19.1 Å². The maximum Gasteiger partial charge on any atom is 0.157 e. The van der Waals surface area contributed by atoms with Gasteiger partial charge >= 0.3 is 0 Å². The third kappa shape index (κ3) is 9.95. The third-order valence-corrected chi connectivity index (χ3v) is 2.17.